The Balaban J connectivity index is 2.51. The standard InChI is InChI=1S/C12H14N6/c1-18-12-4-8(2-3-9(12)7-16-18)11(17-15)5-10(14)6-13/h2-7,13-14,17H,15H2,1H3/b11-5-,13-6?,14-10?. The minimum Gasteiger partial charge on any atom is -0.323 e. The summed E-state index contributed by atoms with van der Waals surface area (Å²) in [5.41, 5.74) is 5.04. The zero-order chi connectivity index (χ0) is 13.1. The molecule has 0 saturated carbocycles. The summed E-state index contributed by atoms with van der Waals surface area (Å²) in [5, 5.41) is 19.7. The number of nitrogens with one attached hydrogen (secondary N) is 3. The Labute approximate surface area is 104 Å². The molecule has 0 fully saturated rings. The highest BCUT2D eigenvalue weighted by Crippen LogP contribution is 2.19. The van der Waals surface area contributed by atoms with Gasteiger partial charge >= 0.3 is 0 Å². The molecular weight excluding hydrogens is 228 g/mol. The van der Waals surface area contributed by atoms with E-state index in [1.165, 1.54) is 6.08 Å². The summed E-state index contributed by atoms with van der Waals surface area (Å²) in [7, 11) is 1.87. The molecule has 1 aromatic heterocycles. The van der Waals surface area contributed by atoms with E-state index in [2.05, 4.69) is 10.5 Å². The van der Waals surface area contributed by atoms with E-state index in [9.17, 15) is 0 Å². The van der Waals surface area contributed by atoms with Crippen LogP contribution in [0.2, 0.25) is 0 Å². The zero-order valence-corrected chi connectivity index (χ0v) is 9.94. The quantitative estimate of drug-likeness (QED) is 0.366. The van der Waals surface area contributed by atoms with Crippen molar-refractivity contribution in [1.29, 1.82) is 10.8 Å². The summed E-state index contributed by atoms with van der Waals surface area (Å²) in [5.74, 6) is 5.45. The lowest BCUT2D eigenvalue weighted by atomic mass is 10.1. The van der Waals surface area contributed by atoms with Gasteiger partial charge in [0.15, 0.2) is 0 Å². The summed E-state index contributed by atoms with van der Waals surface area (Å²) >= 11 is 0. The van der Waals surface area contributed by atoms with Crippen LogP contribution in [0.3, 0.4) is 0 Å². The average molecular weight is 242 g/mol. The van der Waals surface area contributed by atoms with Gasteiger partial charge in [-0.1, -0.05) is 12.1 Å². The average Bonchev–Trinajstić information content (AvgIpc) is 2.77. The molecule has 18 heavy (non-hydrogen) atoms. The van der Waals surface area contributed by atoms with Crippen molar-refractivity contribution >= 4 is 28.5 Å². The summed E-state index contributed by atoms with van der Waals surface area (Å²) in [6.45, 7) is 0. The third-order valence-corrected chi connectivity index (χ3v) is 2.67. The molecule has 0 atom stereocenters. The molecule has 0 aliphatic heterocycles. The first-order chi connectivity index (χ1) is 8.65. The van der Waals surface area contributed by atoms with E-state index in [-0.39, 0.29) is 5.71 Å². The van der Waals surface area contributed by atoms with Crippen molar-refractivity contribution in [2.45, 2.75) is 0 Å². The predicted octanol–water partition coefficient (Wildman–Crippen LogP) is 1.05. The van der Waals surface area contributed by atoms with E-state index >= 15 is 0 Å². The Morgan fingerprint density at radius 3 is 2.94 bits per heavy atom. The third kappa shape index (κ3) is 2.14. The highest BCUT2D eigenvalue weighted by Gasteiger charge is 2.05. The molecule has 0 saturated heterocycles. The van der Waals surface area contributed by atoms with Gasteiger partial charge in [-0.2, -0.15) is 5.10 Å². The van der Waals surface area contributed by atoms with Crippen molar-refractivity contribution in [2.24, 2.45) is 12.9 Å². The fourth-order valence-corrected chi connectivity index (χ4v) is 1.72. The van der Waals surface area contributed by atoms with Crippen LogP contribution in [0.4, 0.5) is 0 Å². The van der Waals surface area contributed by atoms with Crippen LogP contribution in [0.15, 0.2) is 30.5 Å². The van der Waals surface area contributed by atoms with Gasteiger partial charge in [-0.3, -0.25) is 15.9 Å². The Bertz CT molecular complexity index is 637. The second-order valence-electron chi connectivity index (χ2n) is 3.84. The molecule has 1 heterocycles. The van der Waals surface area contributed by atoms with Crippen molar-refractivity contribution in [3.63, 3.8) is 0 Å². The van der Waals surface area contributed by atoms with Crippen molar-refractivity contribution < 1.29 is 0 Å². The van der Waals surface area contributed by atoms with Crippen LogP contribution in [-0.2, 0) is 7.05 Å². The lowest BCUT2D eigenvalue weighted by Gasteiger charge is -2.07. The number of fused-ring (bicyclic) bond motifs is 1. The summed E-state index contributed by atoms with van der Waals surface area (Å²) in [4.78, 5) is 0. The van der Waals surface area contributed by atoms with Crippen LogP contribution in [-0.4, -0.2) is 21.7 Å². The van der Waals surface area contributed by atoms with Crippen molar-refractivity contribution in [3.05, 3.63) is 36.0 Å². The maximum absolute atomic E-state index is 7.46. The molecule has 2 rings (SSSR count). The Morgan fingerprint density at radius 1 is 1.50 bits per heavy atom. The van der Waals surface area contributed by atoms with Crippen LogP contribution < -0.4 is 11.3 Å². The highest BCUT2D eigenvalue weighted by molar-refractivity contribution is 6.34. The van der Waals surface area contributed by atoms with Crippen molar-refractivity contribution in [2.75, 3.05) is 0 Å². The van der Waals surface area contributed by atoms with Crippen LogP contribution in [0.1, 0.15) is 5.56 Å². The Kier molecular flexibility index (Phi) is 3.20. The number of hydrogen-bond acceptors (Lipinski definition) is 5. The second-order valence-corrected chi connectivity index (χ2v) is 3.84. The molecule has 0 aliphatic rings. The smallest absolute Gasteiger partial charge is 0.0736 e. The van der Waals surface area contributed by atoms with E-state index in [0.717, 1.165) is 22.7 Å². The number of hydrazine groups is 1. The molecule has 0 amide bonds. The van der Waals surface area contributed by atoms with Gasteiger partial charge in [0.1, 0.15) is 0 Å². The Morgan fingerprint density at radius 2 is 2.28 bits per heavy atom. The van der Waals surface area contributed by atoms with E-state index in [1.54, 1.807) is 10.9 Å². The van der Waals surface area contributed by atoms with Gasteiger partial charge in [-0.25, -0.2) is 0 Å². The molecule has 2 aromatic rings. The number of benzene rings is 1. The largest absolute Gasteiger partial charge is 0.323 e. The minimum atomic E-state index is 0.0769. The molecule has 0 spiro atoms. The fourth-order valence-electron chi connectivity index (χ4n) is 1.72. The van der Waals surface area contributed by atoms with Gasteiger partial charge < -0.3 is 10.8 Å². The molecule has 0 aliphatic carbocycles. The van der Waals surface area contributed by atoms with E-state index < -0.39 is 0 Å². The van der Waals surface area contributed by atoms with Crippen molar-refractivity contribution in [1.82, 2.24) is 15.2 Å². The number of allylic oxidation sites excluding steroid dienone is 1. The third-order valence-electron chi connectivity index (χ3n) is 2.67. The first-order valence-electron chi connectivity index (χ1n) is 5.35. The van der Waals surface area contributed by atoms with E-state index in [0.29, 0.717) is 5.70 Å². The Hall–Kier alpha value is -2.47. The van der Waals surface area contributed by atoms with Gasteiger partial charge in [0.05, 0.1) is 23.1 Å². The molecule has 0 bridgehead atoms. The molecule has 5 N–H and O–H groups in total. The molecule has 6 nitrogen and oxygen atoms in total. The highest BCUT2D eigenvalue weighted by atomic mass is 15.2. The number of nitrogens with two attached hydrogens (primary N) is 1. The second kappa shape index (κ2) is 4.80. The maximum Gasteiger partial charge on any atom is 0.0736 e. The number of aryl methyl sites for hydroxylation is 1. The molecule has 0 unspecified atom stereocenters. The molecular formula is C12H14N6. The number of hydrogen-bond donors (Lipinski definition) is 4. The maximum atomic E-state index is 7.46. The van der Waals surface area contributed by atoms with E-state index in [1.807, 2.05) is 25.2 Å². The molecule has 92 valence electrons. The lowest BCUT2D eigenvalue weighted by molar-refractivity contribution is 0.797. The lowest BCUT2D eigenvalue weighted by Crippen LogP contribution is -2.21. The van der Waals surface area contributed by atoms with Crippen LogP contribution in [0.5, 0.6) is 0 Å². The van der Waals surface area contributed by atoms with E-state index in [4.69, 9.17) is 16.7 Å². The van der Waals surface area contributed by atoms with Crippen molar-refractivity contribution in [3.8, 4) is 0 Å². The topological polar surface area (TPSA) is 104 Å². The van der Waals surface area contributed by atoms with Gasteiger partial charge in [0.25, 0.3) is 0 Å². The number of rotatable bonds is 4. The van der Waals surface area contributed by atoms with Gasteiger partial charge in [0.2, 0.25) is 0 Å². The monoisotopic (exact) mass is 242 g/mol. The first-order valence-corrected chi connectivity index (χ1v) is 5.35. The minimum absolute atomic E-state index is 0.0769. The van der Waals surface area contributed by atoms with Gasteiger partial charge in [-0.15, -0.1) is 0 Å². The number of aromatic nitrogens is 2. The summed E-state index contributed by atoms with van der Waals surface area (Å²) < 4.78 is 1.77. The van der Waals surface area contributed by atoms with Crippen LogP contribution in [0, 0.1) is 10.8 Å². The summed E-state index contributed by atoms with van der Waals surface area (Å²) in [6, 6.07) is 5.77. The van der Waals surface area contributed by atoms with Gasteiger partial charge in [-0.05, 0) is 12.1 Å². The zero-order valence-electron chi connectivity index (χ0n) is 9.94. The van der Waals surface area contributed by atoms with Gasteiger partial charge in [0, 0.05) is 24.2 Å². The molecule has 0 radical (unpaired) electrons. The molecule has 6 heteroatoms. The predicted molar refractivity (Wildman–Crippen MR) is 72.5 cm³/mol. The SMILES string of the molecule is Cn1ncc2ccc(/C(=C/C(=N)C=N)NN)cc21. The summed E-state index contributed by atoms with van der Waals surface area (Å²) in [6.07, 6.45) is 4.25. The van der Waals surface area contributed by atoms with Crippen LogP contribution in [0.25, 0.3) is 16.6 Å². The fraction of sp³-hybridized carbons (Fsp3) is 0.0833. The normalized spacial score (nSPS) is 11.6. The molecule has 1 aromatic carbocycles. The number of nitrogens with zero attached hydrogens (tertiary/aromatic N) is 2. The van der Waals surface area contributed by atoms with Crippen LogP contribution >= 0.6 is 0 Å². The first kappa shape index (κ1) is 12.0.